The van der Waals surface area contributed by atoms with E-state index in [9.17, 15) is 31.1 Å². The van der Waals surface area contributed by atoms with Gasteiger partial charge in [0.05, 0.1) is 10.0 Å². The van der Waals surface area contributed by atoms with Gasteiger partial charge in [0.15, 0.2) is 11.3 Å². The standard InChI is InChI=1S/C21H18BrF6N5O/c1-12-9-15(21(26,27)28)33-18(29-12)16(22)17(30-33)19(34)32-7-5-31(6-8-32)11-13-3-2-4-14(10-13)20(23,24)25/h2-4,9-10H,5-8,11H2,1H3. The van der Waals surface area contributed by atoms with Gasteiger partial charge in [0.1, 0.15) is 5.69 Å². The number of benzene rings is 1. The maximum Gasteiger partial charge on any atom is 0.433 e. The van der Waals surface area contributed by atoms with Gasteiger partial charge in [-0.2, -0.15) is 31.4 Å². The Morgan fingerprint density at radius 2 is 1.71 bits per heavy atom. The molecule has 13 heteroatoms. The van der Waals surface area contributed by atoms with Gasteiger partial charge in [-0.3, -0.25) is 9.69 Å². The molecule has 0 atom stereocenters. The Morgan fingerprint density at radius 3 is 2.32 bits per heavy atom. The van der Waals surface area contributed by atoms with Crippen molar-refractivity contribution in [3.05, 3.63) is 63.0 Å². The smallest absolute Gasteiger partial charge is 0.335 e. The van der Waals surface area contributed by atoms with Gasteiger partial charge in [0.25, 0.3) is 5.91 Å². The zero-order valence-electron chi connectivity index (χ0n) is 17.7. The van der Waals surface area contributed by atoms with Crippen LogP contribution < -0.4 is 0 Å². The molecule has 0 saturated carbocycles. The normalized spacial score (nSPS) is 15.8. The van der Waals surface area contributed by atoms with E-state index in [1.54, 1.807) is 6.07 Å². The highest BCUT2D eigenvalue weighted by atomic mass is 79.9. The Morgan fingerprint density at radius 1 is 1.03 bits per heavy atom. The van der Waals surface area contributed by atoms with Crippen molar-refractivity contribution in [1.82, 2.24) is 24.4 Å². The molecule has 3 heterocycles. The molecule has 1 aliphatic heterocycles. The number of hydrogen-bond acceptors (Lipinski definition) is 4. The van der Waals surface area contributed by atoms with Gasteiger partial charge in [-0.05, 0) is 40.5 Å². The van der Waals surface area contributed by atoms with E-state index >= 15 is 0 Å². The Labute approximate surface area is 198 Å². The minimum atomic E-state index is -4.69. The summed E-state index contributed by atoms with van der Waals surface area (Å²) >= 11 is 3.17. The number of rotatable bonds is 3. The molecule has 182 valence electrons. The van der Waals surface area contributed by atoms with E-state index in [2.05, 4.69) is 26.0 Å². The average Bonchev–Trinajstić information content (AvgIpc) is 3.08. The minimum Gasteiger partial charge on any atom is -0.335 e. The summed E-state index contributed by atoms with van der Waals surface area (Å²) in [7, 11) is 0. The van der Waals surface area contributed by atoms with Gasteiger partial charge in [-0.15, -0.1) is 0 Å². The lowest BCUT2D eigenvalue weighted by Crippen LogP contribution is -2.48. The van der Waals surface area contributed by atoms with E-state index in [4.69, 9.17) is 0 Å². The molecule has 0 unspecified atom stereocenters. The third kappa shape index (κ3) is 4.90. The van der Waals surface area contributed by atoms with E-state index in [0.717, 1.165) is 18.2 Å². The SMILES string of the molecule is Cc1cc(C(F)(F)F)n2nc(C(=O)N3CCN(Cc4cccc(C(F)(F)F)c4)CC3)c(Br)c2n1. The number of carbonyl (C=O) groups excluding carboxylic acids is 1. The van der Waals surface area contributed by atoms with Crippen LogP contribution in [0.1, 0.15) is 33.0 Å². The summed E-state index contributed by atoms with van der Waals surface area (Å²) in [5.41, 5.74) is -1.44. The zero-order chi connectivity index (χ0) is 24.8. The Balaban J connectivity index is 1.48. The van der Waals surface area contributed by atoms with Crippen molar-refractivity contribution in [2.24, 2.45) is 0 Å². The number of nitrogens with zero attached hydrogens (tertiary/aromatic N) is 5. The lowest BCUT2D eigenvalue weighted by atomic mass is 10.1. The van der Waals surface area contributed by atoms with Crippen LogP contribution in [0.2, 0.25) is 0 Å². The van der Waals surface area contributed by atoms with E-state index in [1.807, 2.05) is 4.90 Å². The van der Waals surface area contributed by atoms with Crippen molar-refractivity contribution in [3.63, 3.8) is 0 Å². The molecule has 0 spiro atoms. The van der Waals surface area contributed by atoms with Gasteiger partial charge in [0.2, 0.25) is 0 Å². The van der Waals surface area contributed by atoms with Crippen LogP contribution in [0.25, 0.3) is 5.65 Å². The summed E-state index contributed by atoms with van der Waals surface area (Å²) in [6.07, 6.45) is -9.12. The molecule has 1 fully saturated rings. The van der Waals surface area contributed by atoms with Crippen LogP contribution in [0.15, 0.2) is 34.8 Å². The second kappa shape index (κ2) is 8.84. The predicted octanol–water partition coefficient (Wildman–Crippen LogP) is 4.80. The van der Waals surface area contributed by atoms with E-state index in [1.165, 1.54) is 17.9 Å². The summed E-state index contributed by atoms with van der Waals surface area (Å²) in [5, 5.41) is 3.89. The quantitative estimate of drug-likeness (QED) is 0.440. The van der Waals surface area contributed by atoms with E-state index < -0.39 is 29.5 Å². The molecular formula is C21H18BrF6N5O. The van der Waals surface area contributed by atoms with Crippen LogP contribution in [0.5, 0.6) is 0 Å². The maximum atomic E-state index is 13.4. The summed E-state index contributed by atoms with van der Waals surface area (Å²) in [6.45, 7) is 2.96. The molecule has 0 aliphatic carbocycles. The second-order valence-electron chi connectivity index (χ2n) is 7.95. The van der Waals surface area contributed by atoms with Crippen molar-refractivity contribution < 1.29 is 31.1 Å². The molecular weight excluding hydrogens is 532 g/mol. The molecule has 2 aromatic heterocycles. The van der Waals surface area contributed by atoms with Crippen molar-refractivity contribution in [1.29, 1.82) is 0 Å². The number of fused-ring (bicyclic) bond motifs is 1. The lowest BCUT2D eigenvalue weighted by Gasteiger charge is -2.34. The minimum absolute atomic E-state index is 0.0677. The molecule has 6 nitrogen and oxygen atoms in total. The molecule has 3 aromatic rings. The fourth-order valence-electron chi connectivity index (χ4n) is 3.81. The topological polar surface area (TPSA) is 53.7 Å². The maximum absolute atomic E-state index is 13.4. The number of halogens is 7. The molecule has 1 amide bonds. The van der Waals surface area contributed by atoms with Crippen molar-refractivity contribution >= 4 is 27.5 Å². The predicted molar refractivity (Wildman–Crippen MR) is 113 cm³/mol. The van der Waals surface area contributed by atoms with E-state index in [0.29, 0.717) is 23.2 Å². The Kier molecular flexibility index (Phi) is 6.36. The average molecular weight is 550 g/mol. The largest absolute Gasteiger partial charge is 0.433 e. The van der Waals surface area contributed by atoms with Crippen LogP contribution >= 0.6 is 15.9 Å². The number of hydrogen-bond donors (Lipinski definition) is 0. The van der Waals surface area contributed by atoms with Gasteiger partial charge in [-0.25, -0.2) is 9.50 Å². The Hall–Kier alpha value is -2.67. The van der Waals surface area contributed by atoms with E-state index in [-0.39, 0.29) is 41.1 Å². The van der Waals surface area contributed by atoms with Gasteiger partial charge in [-0.1, -0.05) is 18.2 Å². The monoisotopic (exact) mass is 549 g/mol. The number of aryl methyl sites for hydroxylation is 1. The first-order chi connectivity index (χ1) is 15.8. The zero-order valence-corrected chi connectivity index (χ0v) is 19.3. The summed E-state index contributed by atoms with van der Waals surface area (Å²) in [5.74, 6) is -0.554. The first kappa shape index (κ1) is 24.5. The summed E-state index contributed by atoms with van der Waals surface area (Å²) in [4.78, 5) is 20.5. The molecule has 0 bridgehead atoms. The van der Waals surface area contributed by atoms with Crippen molar-refractivity contribution in [2.45, 2.75) is 25.8 Å². The number of amides is 1. The fraction of sp³-hybridized carbons (Fsp3) is 0.381. The molecule has 0 N–H and O–H groups in total. The van der Waals surface area contributed by atoms with Gasteiger partial charge in [0, 0.05) is 38.4 Å². The molecule has 1 saturated heterocycles. The molecule has 1 aliphatic rings. The highest BCUT2D eigenvalue weighted by molar-refractivity contribution is 9.10. The second-order valence-corrected chi connectivity index (χ2v) is 8.74. The number of piperazine rings is 1. The molecule has 1 aromatic carbocycles. The van der Waals surface area contributed by atoms with Crippen LogP contribution in [0.4, 0.5) is 26.3 Å². The van der Waals surface area contributed by atoms with Gasteiger partial charge < -0.3 is 4.90 Å². The first-order valence-electron chi connectivity index (χ1n) is 10.2. The van der Waals surface area contributed by atoms with Crippen LogP contribution in [0.3, 0.4) is 0 Å². The van der Waals surface area contributed by atoms with Crippen molar-refractivity contribution in [3.8, 4) is 0 Å². The first-order valence-corrected chi connectivity index (χ1v) is 10.9. The summed E-state index contributed by atoms with van der Waals surface area (Å²) < 4.78 is 79.8. The molecule has 0 radical (unpaired) electrons. The van der Waals surface area contributed by atoms with Crippen LogP contribution in [-0.2, 0) is 18.9 Å². The lowest BCUT2D eigenvalue weighted by molar-refractivity contribution is -0.142. The molecule has 34 heavy (non-hydrogen) atoms. The third-order valence-electron chi connectivity index (χ3n) is 5.47. The van der Waals surface area contributed by atoms with Crippen LogP contribution in [0, 0.1) is 6.92 Å². The number of aromatic nitrogens is 3. The number of alkyl halides is 6. The highest BCUT2D eigenvalue weighted by Gasteiger charge is 2.37. The van der Waals surface area contributed by atoms with Crippen molar-refractivity contribution in [2.75, 3.05) is 26.2 Å². The summed E-state index contributed by atoms with van der Waals surface area (Å²) in [6, 6.07) is 5.91. The van der Waals surface area contributed by atoms with Crippen LogP contribution in [-0.4, -0.2) is 56.5 Å². The third-order valence-corrected chi connectivity index (χ3v) is 6.20. The van der Waals surface area contributed by atoms with Gasteiger partial charge >= 0.3 is 12.4 Å². The fourth-order valence-corrected chi connectivity index (χ4v) is 4.32. The Bertz CT molecular complexity index is 1230. The number of carbonyl (C=O) groups is 1. The highest BCUT2D eigenvalue weighted by Crippen LogP contribution is 2.33. The molecule has 4 rings (SSSR count).